The van der Waals surface area contributed by atoms with Crippen LogP contribution in [0.25, 0.3) is 0 Å². The van der Waals surface area contributed by atoms with Gasteiger partial charge in [-0.15, -0.1) is 0 Å². The first kappa shape index (κ1) is 15.7. The molecule has 5 nitrogen and oxygen atoms in total. The quantitative estimate of drug-likeness (QED) is 0.559. The molecular formula is C17H19N3O2. The highest BCUT2D eigenvalue weighted by atomic mass is 16.5. The second-order valence-corrected chi connectivity index (χ2v) is 4.60. The van der Waals surface area contributed by atoms with Crippen LogP contribution in [0, 0.1) is 0 Å². The molecule has 0 N–H and O–H groups in total. The van der Waals surface area contributed by atoms with Gasteiger partial charge in [0.2, 0.25) is 0 Å². The molecule has 0 heterocycles. The van der Waals surface area contributed by atoms with Gasteiger partial charge in [0.1, 0.15) is 5.75 Å². The number of ether oxygens (including phenoxy) is 1. The van der Waals surface area contributed by atoms with Crippen molar-refractivity contribution >= 4 is 23.5 Å². The minimum Gasteiger partial charge on any atom is -0.429 e. The van der Waals surface area contributed by atoms with E-state index in [0.29, 0.717) is 17.9 Å². The minimum absolute atomic E-state index is 0.397. The highest BCUT2D eigenvalue weighted by Crippen LogP contribution is 2.23. The summed E-state index contributed by atoms with van der Waals surface area (Å²) in [4.78, 5) is 12.5. The van der Waals surface area contributed by atoms with E-state index in [1.54, 1.807) is 24.3 Å². The van der Waals surface area contributed by atoms with Crippen molar-refractivity contribution in [3.05, 3.63) is 48.5 Å². The van der Waals surface area contributed by atoms with Gasteiger partial charge < -0.3 is 9.64 Å². The monoisotopic (exact) mass is 297 g/mol. The van der Waals surface area contributed by atoms with Crippen LogP contribution in [0.3, 0.4) is 0 Å². The molecule has 114 valence electrons. The molecule has 0 aromatic heterocycles. The number of nitrogens with zero attached hydrogens (tertiary/aromatic N) is 3. The Labute approximate surface area is 130 Å². The van der Waals surface area contributed by atoms with Crippen molar-refractivity contribution in [3.8, 4) is 5.75 Å². The number of anilines is 1. The predicted octanol–water partition coefficient (Wildman–Crippen LogP) is 4.48. The van der Waals surface area contributed by atoms with Crippen LogP contribution in [0.2, 0.25) is 0 Å². The number of hydrogen-bond acceptors (Lipinski definition) is 5. The molecule has 2 aromatic carbocycles. The number of carbonyl (C=O) groups excluding carboxylic acids is 1. The maximum atomic E-state index is 10.2. The number of carbonyl (C=O) groups is 1. The molecule has 2 rings (SSSR count). The lowest BCUT2D eigenvalue weighted by Crippen LogP contribution is -2.21. The molecule has 0 aliphatic heterocycles. The van der Waals surface area contributed by atoms with E-state index < -0.39 is 0 Å². The zero-order valence-corrected chi connectivity index (χ0v) is 12.8. The van der Waals surface area contributed by atoms with Crippen LogP contribution >= 0.6 is 0 Å². The van der Waals surface area contributed by atoms with Gasteiger partial charge >= 0.3 is 0 Å². The Kier molecular flexibility index (Phi) is 5.65. The summed E-state index contributed by atoms with van der Waals surface area (Å²) in [5.74, 6) is 0.484. The van der Waals surface area contributed by atoms with Crippen molar-refractivity contribution in [2.24, 2.45) is 10.2 Å². The average molecular weight is 297 g/mol. The number of azo groups is 1. The molecule has 0 aliphatic rings. The van der Waals surface area contributed by atoms with E-state index in [1.165, 1.54) is 5.69 Å². The largest absolute Gasteiger partial charge is 0.429 e. The summed E-state index contributed by atoms with van der Waals surface area (Å²) >= 11 is 0. The van der Waals surface area contributed by atoms with Gasteiger partial charge in [-0.05, 0) is 62.4 Å². The molecule has 0 fully saturated rings. The lowest BCUT2D eigenvalue weighted by Gasteiger charge is -2.20. The van der Waals surface area contributed by atoms with Crippen LogP contribution in [-0.4, -0.2) is 19.6 Å². The van der Waals surface area contributed by atoms with E-state index in [-0.39, 0.29) is 0 Å². The molecule has 5 heteroatoms. The first-order chi connectivity index (χ1) is 10.8. The standard InChI is InChI=1S/C17H19N3O2/c1-3-20(4-2)16-9-5-14(6-10-16)18-19-15-7-11-17(12-8-15)22-13-21/h5-13H,3-4H2,1-2H3. The van der Waals surface area contributed by atoms with E-state index in [4.69, 9.17) is 4.74 Å². The van der Waals surface area contributed by atoms with Crippen LogP contribution in [-0.2, 0) is 4.79 Å². The summed E-state index contributed by atoms with van der Waals surface area (Å²) in [6.45, 7) is 6.62. The van der Waals surface area contributed by atoms with Crippen LogP contribution < -0.4 is 9.64 Å². The molecule has 0 radical (unpaired) electrons. The van der Waals surface area contributed by atoms with Crippen molar-refractivity contribution in [2.75, 3.05) is 18.0 Å². The number of rotatable bonds is 7. The Balaban J connectivity index is 2.04. The lowest BCUT2D eigenvalue weighted by atomic mass is 10.2. The van der Waals surface area contributed by atoms with Gasteiger partial charge in [-0.2, -0.15) is 10.2 Å². The fraction of sp³-hybridized carbons (Fsp3) is 0.235. The Morgan fingerprint density at radius 3 is 1.86 bits per heavy atom. The Morgan fingerprint density at radius 1 is 0.909 bits per heavy atom. The highest BCUT2D eigenvalue weighted by Gasteiger charge is 2.01. The van der Waals surface area contributed by atoms with Crippen molar-refractivity contribution in [3.63, 3.8) is 0 Å². The van der Waals surface area contributed by atoms with Crippen LogP contribution in [0.1, 0.15) is 13.8 Å². The number of hydrogen-bond donors (Lipinski definition) is 0. The molecule has 0 aliphatic carbocycles. The zero-order valence-electron chi connectivity index (χ0n) is 12.8. The van der Waals surface area contributed by atoms with Gasteiger partial charge in [-0.1, -0.05) is 0 Å². The van der Waals surface area contributed by atoms with Crippen molar-refractivity contribution in [2.45, 2.75) is 13.8 Å². The van der Waals surface area contributed by atoms with Gasteiger partial charge in [0, 0.05) is 18.8 Å². The third-order valence-corrected chi connectivity index (χ3v) is 3.28. The van der Waals surface area contributed by atoms with Crippen molar-refractivity contribution in [1.29, 1.82) is 0 Å². The lowest BCUT2D eigenvalue weighted by molar-refractivity contribution is -0.120. The Hall–Kier alpha value is -2.69. The fourth-order valence-corrected chi connectivity index (χ4v) is 2.08. The first-order valence-corrected chi connectivity index (χ1v) is 7.24. The van der Waals surface area contributed by atoms with Crippen LogP contribution in [0.4, 0.5) is 17.1 Å². The van der Waals surface area contributed by atoms with Gasteiger partial charge in [-0.3, -0.25) is 4.79 Å². The van der Waals surface area contributed by atoms with Gasteiger partial charge in [0.05, 0.1) is 11.4 Å². The second-order valence-electron chi connectivity index (χ2n) is 4.60. The van der Waals surface area contributed by atoms with Gasteiger partial charge in [-0.25, -0.2) is 0 Å². The summed E-state index contributed by atoms with van der Waals surface area (Å²) in [6.07, 6.45) is 0. The third kappa shape index (κ3) is 4.15. The molecule has 0 unspecified atom stereocenters. The summed E-state index contributed by atoms with van der Waals surface area (Å²) in [5.41, 5.74) is 2.68. The number of benzene rings is 2. The SMILES string of the molecule is CCN(CC)c1ccc(N=Nc2ccc(OC=O)cc2)cc1. The highest BCUT2D eigenvalue weighted by molar-refractivity contribution is 5.53. The fourth-order valence-electron chi connectivity index (χ4n) is 2.08. The maximum Gasteiger partial charge on any atom is 0.298 e. The summed E-state index contributed by atoms with van der Waals surface area (Å²) in [6, 6.07) is 14.8. The molecular weight excluding hydrogens is 278 g/mol. The van der Waals surface area contributed by atoms with Crippen LogP contribution in [0.15, 0.2) is 58.8 Å². The summed E-state index contributed by atoms with van der Waals surface area (Å²) in [5, 5.41) is 8.36. The van der Waals surface area contributed by atoms with E-state index >= 15 is 0 Å². The van der Waals surface area contributed by atoms with E-state index in [0.717, 1.165) is 18.8 Å². The third-order valence-electron chi connectivity index (χ3n) is 3.28. The normalized spacial score (nSPS) is 10.6. The average Bonchev–Trinajstić information content (AvgIpc) is 2.57. The molecule has 2 aromatic rings. The Morgan fingerprint density at radius 2 is 1.41 bits per heavy atom. The molecule has 0 atom stereocenters. The molecule has 0 bridgehead atoms. The molecule has 0 spiro atoms. The van der Waals surface area contributed by atoms with Gasteiger partial charge in [0.25, 0.3) is 6.47 Å². The zero-order chi connectivity index (χ0) is 15.8. The van der Waals surface area contributed by atoms with E-state index in [1.807, 2.05) is 24.3 Å². The smallest absolute Gasteiger partial charge is 0.298 e. The maximum absolute atomic E-state index is 10.2. The molecule has 0 saturated heterocycles. The molecule has 22 heavy (non-hydrogen) atoms. The minimum atomic E-state index is 0.397. The Bertz CT molecular complexity index is 617. The topological polar surface area (TPSA) is 54.3 Å². The van der Waals surface area contributed by atoms with Crippen LogP contribution in [0.5, 0.6) is 5.75 Å². The first-order valence-electron chi connectivity index (χ1n) is 7.24. The second kappa shape index (κ2) is 7.93. The summed E-state index contributed by atoms with van der Waals surface area (Å²) < 4.78 is 4.72. The molecule has 0 saturated carbocycles. The van der Waals surface area contributed by atoms with E-state index in [2.05, 4.69) is 29.0 Å². The predicted molar refractivity (Wildman–Crippen MR) is 87.3 cm³/mol. The molecule has 0 amide bonds. The van der Waals surface area contributed by atoms with Crippen molar-refractivity contribution < 1.29 is 9.53 Å². The summed E-state index contributed by atoms with van der Waals surface area (Å²) in [7, 11) is 0. The van der Waals surface area contributed by atoms with Gasteiger partial charge in [0.15, 0.2) is 0 Å². The van der Waals surface area contributed by atoms with Crippen molar-refractivity contribution in [1.82, 2.24) is 0 Å². The van der Waals surface area contributed by atoms with E-state index in [9.17, 15) is 4.79 Å².